The molecule has 0 saturated carbocycles. The van der Waals surface area contributed by atoms with Crippen molar-refractivity contribution in [2.45, 2.75) is 0 Å². The number of hydrogen-bond donors (Lipinski definition) is 2. The summed E-state index contributed by atoms with van der Waals surface area (Å²) < 4.78 is 13.7. The summed E-state index contributed by atoms with van der Waals surface area (Å²) in [7, 11) is 0. The standard InChI is InChI=1S/C13H9ClFIN2O/c14-7-1-4-12(10(16)5-7)18-13(19)9-3-2-8(15)6-11(9)17/h1-6H,17H2,(H,18,19). The van der Waals surface area contributed by atoms with Gasteiger partial charge in [-0.15, -0.1) is 0 Å². The molecule has 98 valence electrons. The lowest BCUT2D eigenvalue weighted by Crippen LogP contribution is -2.14. The number of rotatable bonds is 2. The van der Waals surface area contributed by atoms with Gasteiger partial charge in [0.2, 0.25) is 0 Å². The fraction of sp³-hybridized carbons (Fsp3) is 0. The minimum Gasteiger partial charge on any atom is -0.398 e. The van der Waals surface area contributed by atoms with E-state index in [-0.39, 0.29) is 11.3 Å². The molecule has 0 aliphatic carbocycles. The quantitative estimate of drug-likeness (QED) is 0.603. The minimum absolute atomic E-state index is 0.0986. The molecule has 19 heavy (non-hydrogen) atoms. The number of amides is 1. The number of carbonyl (C=O) groups is 1. The first kappa shape index (κ1) is 14.1. The van der Waals surface area contributed by atoms with Crippen molar-refractivity contribution in [2.24, 2.45) is 0 Å². The predicted octanol–water partition coefficient (Wildman–Crippen LogP) is 3.92. The highest BCUT2D eigenvalue weighted by Crippen LogP contribution is 2.23. The van der Waals surface area contributed by atoms with Gasteiger partial charge >= 0.3 is 0 Å². The van der Waals surface area contributed by atoms with Crippen molar-refractivity contribution in [3.05, 3.63) is 56.4 Å². The first-order chi connectivity index (χ1) is 8.97. The largest absolute Gasteiger partial charge is 0.398 e. The van der Waals surface area contributed by atoms with Crippen LogP contribution in [0.25, 0.3) is 0 Å². The summed E-state index contributed by atoms with van der Waals surface area (Å²) in [6, 6.07) is 8.75. The van der Waals surface area contributed by atoms with Crippen molar-refractivity contribution in [1.29, 1.82) is 0 Å². The Balaban J connectivity index is 2.25. The number of halogens is 3. The first-order valence-corrected chi connectivity index (χ1v) is 6.74. The van der Waals surface area contributed by atoms with E-state index in [2.05, 4.69) is 27.9 Å². The molecule has 2 rings (SSSR count). The number of nitrogens with two attached hydrogens (primary N) is 1. The van der Waals surface area contributed by atoms with Gasteiger partial charge in [0.25, 0.3) is 5.91 Å². The third-order valence-electron chi connectivity index (χ3n) is 2.44. The van der Waals surface area contributed by atoms with E-state index in [1.807, 2.05) is 0 Å². The van der Waals surface area contributed by atoms with E-state index in [0.717, 1.165) is 9.64 Å². The van der Waals surface area contributed by atoms with Gasteiger partial charge in [0.15, 0.2) is 0 Å². The van der Waals surface area contributed by atoms with Gasteiger partial charge in [0.1, 0.15) is 5.82 Å². The zero-order valence-corrected chi connectivity index (χ0v) is 12.5. The van der Waals surface area contributed by atoms with Crippen molar-refractivity contribution in [3.8, 4) is 0 Å². The third-order valence-corrected chi connectivity index (χ3v) is 3.57. The Kier molecular flexibility index (Phi) is 4.26. The van der Waals surface area contributed by atoms with Crippen LogP contribution in [-0.2, 0) is 0 Å². The number of carbonyl (C=O) groups excluding carboxylic acids is 1. The second kappa shape index (κ2) is 5.75. The van der Waals surface area contributed by atoms with Gasteiger partial charge in [-0.3, -0.25) is 4.79 Å². The zero-order valence-electron chi connectivity index (χ0n) is 9.58. The average molecular weight is 391 g/mol. The van der Waals surface area contributed by atoms with E-state index < -0.39 is 11.7 Å². The van der Waals surface area contributed by atoms with Crippen molar-refractivity contribution < 1.29 is 9.18 Å². The van der Waals surface area contributed by atoms with Crippen molar-refractivity contribution in [1.82, 2.24) is 0 Å². The molecule has 0 saturated heterocycles. The third kappa shape index (κ3) is 3.36. The summed E-state index contributed by atoms with van der Waals surface area (Å²) in [5.74, 6) is -0.868. The fourth-order valence-corrected chi connectivity index (χ4v) is 2.53. The van der Waals surface area contributed by atoms with Crippen LogP contribution in [0.5, 0.6) is 0 Å². The summed E-state index contributed by atoms with van der Waals surface area (Å²) >= 11 is 7.90. The SMILES string of the molecule is Nc1cc(F)ccc1C(=O)Nc1ccc(Cl)cc1I. The summed E-state index contributed by atoms with van der Waals surface area (Å²) in [6.45, 7) is 0. The molecule has 0 aromatic heterocycles. The van der Waals surface area contributed by atoms with E-state index in [9.17, 15) is 9.18 Å². The Morgan fingerprint density at radius 3 is 2.63 bits per heavy atom. The highest BCUT2D eigenvalue weighted by atomic mass is 127. The monoisotopic (exact) mass is 390 g/mol. The zero-order chi connectivity index (χ0) is 14.0. The van der Waals surface area contributed by atoms with Crippen LogP contribution in [0.2, 0.25) is 5.02 Å². The minimum atomic E-state index is -0.477. The van der Waals surface area contributed by atoms with Gasteiger partial charge in [0.05, 0.1) is 11.3 Å². The van der Waals surface area contributed by atoms with Crippen LogP contribution in [0.15, 0.2) is 36.4 Å². The second-order valence-corrected chi connectivity index (χ2v) is 5.41. The van der Waals surface area contributed by atoms with Crippen LogP contribution < -0.4 is 11.1 Å². The summed E-state index contributed by atoms with van der Waals surface area (Å²) in [5, 5.41) is 3.29. The van der Waals surface area contributed by atoms with Gasteiger partial charge in [-0.2, -0.15) is 0 Å². The number of anilines is 2. The van der Waals surface area contributed by atoms with Gasteiger partial charge in [-0.25, -0.2) is 4.39 Å². The van der Waals surface area contributed by atoms with Crippen LogP contribution in [0.4, 0.5) is 15.8 Å². The summed E-state index contributed by atoms with van der Waals surface area (Å²) in [6.07, 6.45) is 0. The Bertz CT molecular complexity index is 649. The molecule has 0 fully saturated rings. The van der Waals surface area contributed by atoms with E-state index in [4.69, 9.17) is 17.3 Å². The molecule has 0 bridgehead atoms. The smallest absolute Gasteiger partial charge is 0.257 e. The lowest BCUT2D eigenvalue weighted by molar-refractivity contribution is 0.102. The van der Waals surface area contributed by atoms with E-state index in [1.54, 1.807) is 18.2 Å². The summed E-state index contributed by atoms with van der Waals surface area (Å²) in [5.41, 5.74) is 6.57. The molecule has 2 aromatic carbocycles. The molecule has 3 N–H and O–H groups in total. The van der Waals surface area contributed by atoms with Crippen LogP contribution in [-0.4, -0.2) is 5.91 Å². The Hall–Kier alpha value is -1.34. The van der Waals surface area contributed by atoms with Crippen molar-refractivity contribution >= 4 is 51.5 Å². The molecule has 0 spiro atoms. The van der Waals surface area contributed by atoms with Crippen LogP contribution in [0, 0.1) is 9.39 Å². The summed E-state index contributed by atoms with van der Waals surface area (Å²) in [4.78, 5) is 12.0. The molecule has 1 amide bonds. The predicted molar refractivity (Wildman–Crippen MR) is 82.9 cm³/mol. The highest BCUT2D eigenvalue weighted by molar-refractivity contribution is 14.1. The van der Waals surface area contributed by atoms with E-state index in [0.29, 0.717) is 10.7 Å². The molecule has 0 aliphatic rings. The molecule has 0 aliphatic heterocycles. The van der Waals surface area contributed by atoms with Gasteiger partial charge < -0.3 is 11.1 Å². The molecular formula is C13H9ClFIN2O. The molecule has 0 heterocycles. The number of benzene rings is 2. The van der Waals surface area contributed by atoms with Gasteiger partial charge in [-0.05, 0) is 59.0 Å². The molecule has 0 atom stereocenters. The van der Waals surface area contributed by atoms with Crippen LogP contribution in [0.1, 0.15) is 10.4 Å². The lowest BCUT2D eigenvalue weighted by Gasteiger charge is -2.09. The van der Waals surface area contributed by atoms with Crippen molar-refractivity contribution in [2.75, 3.05) is 11.1 Å². The van der Waals surface area contributed by atoms with E-state index in [1.165, 1.54) is 12.1 Å². The van der Waals surface area contributed by atoms with Crippen LogP contribution in [0.3, 0.4) is 0 Å². The molecule has 0 radical (unpaired) electrons. The Morgan fingerprint density at radius 2 is 2.00 bits per heavy atom. The van der Waals surface area contributed by atoms with Gasteiger partial charge in [-0.1, -0.05) is 11.6 Å². The van der Waals surface area contributed by atoms with Crippen LogP contribution >= 0.6 is 34.2 Å². The van der Waals surface area contributed by atoms with Crippen molar-refractivity contribution in [3.63, 3.8) is 0 Å². The fourth-order valence-electron chi connectivity index (χ4n) is 1.52. The maximum Gasteiger partial charge on any atom is 0.257 e. The Labute approximate surface area is 128 Å². The first-order valence-electron chi connectivity index (χ1n) is 5.29. The molecule has 6 heteroatoms. The number of nitrogens with one attached hydrogen (secondary N) is 1. The Morgan fingerprint density at radius 1 is 1.26 bits per heavy atom. The molecular weight excluding hydrogens is 382 g/mol. The maximum absolute atomic E-state index is 12.9. The average Bonchev–Trinajstić information content (AvgIpc) is 2.32. The maximum atomic E-state index is 12.9. The number of nitrogen functional groups attached to an aromatic ring is 1. The van der Waals surface area contributed by atoms with Gasteiger partial charge in [0, 0.05) is 14.3 Å². The van der Waals surface area contributed by atoms with E-state index >= 15 is 0 Å². The number of hydrogen-bond acceptors (Lipinski definition) is 2. The molecule has 3 nitrogen and oxygen atoms in total. The highest BCUT2D eigenvalue weighted by Gasteiger charge is 2.12. The normalized spacial score (nSPS) is 10.3. The topological polar surface area (TPSA) is 55.1 Å². The lowest BCUT2D eigenvalue weighted by atomic mass is 10.1. The molecule has 0 unspecified atom stereocenters. The molecule has 2 aromatic rings. The second-order valence-electron chi connectivity index (χ2n) is 3.81.